The molecule has 1 aliphatic rings. The number of benzene rings is 2. The van der Waals surface area contributed by atoms with Crippen molar-refractivity contribution in [3.8, 4) is 0 Å². The highest BCUT2D eigenvalue weighted by atomic mass is 35.5. The number of rotatable bonds is 5. The summed E-state index contributed by atoms with van der Waals surface area (Å²) >= 11 is 0. The van der Waals surface area contributed by atoms with Crippen molar-refractivity contribution in [3.05, 3.63) is 65.7 Å². The monoisotopic (exact) mass is 374 g/mol. The Hall–Kier alpha value is -2.37. The lowest BCUT2D eigenvalue weighted by molar-refractivity contribution is -0.143. The maximum atomic E-state index is 12.2. The number of hydrogen-bond acceptors (Lipinski definition) is 3. The third-order valence-electron chi connectivity index (χ3n) is 4.59. The van der Waals surface area contributed by atoms with Crippen LogP contribution < -0.4 is 5.32 Å². The van der Waals surface area contributed by atoms with Crippen LogP contribution in [0.15, 0.2) is 54.6 Å². The third kappa shape index (κ3) is 5.31. The van der Waals surface area contributed by atoms with Crippen molar-refractivity contribution in [1.82, 2.24) is 4.90 Å². The van der Waals surface area contributed by atoms with E-state index >= 15 is 0 Å². The van der Waals surface area contributed by atoms with E-state index in [9.17, 15) is 9.59 Å². The number of para-hydroxylation sites is 1. The number of amides is 1. The van der Waals surface area contributed by atoms with Crippen LogP contribution >= 0.6 is 12.4 Å². The summed E-state index contributed by atoms with van der Waals surface area (Å²) < 4.78 is 0. The van der Waals surface area contributed by atoms with Crippen molar-refractivity contribution in [2.45, 2.75) is 19.4 Å². The summed E-state index contributed by atoms with van der Waals surface area (Å²) in [6.07, 6.45) is 1.40. The quantitative estimate of drug-likeness (QED) is 0.838. The van der Waals surface area contributed by atoms with Crippen LogP contribution in [0.5, 0.6) is 0 Å². The van der Waals surface area contributed by atoms with Gasteiger partial charge in [-0.15, -0.1) is 12.4 Å². The first-order valence-electron chi connectivity index (χ1n) is 8.52. The number of nitrogens with one attached hydrogen (secondary N) is 1. The Labute approximate surface area is 159 Å². The highest BCUT2D eigenvalue weighted by Crippen LogP contribution is 2.19. The van der Waals surface area contributed by atoms with Gasteiger partial charge in [-0.3, -0.25) is 14.5 Å². The number of carbonyl (C=O) groups excluding carboxylic acids is 1. The van der Waals surface area contributed by atoms with Gasteiger partial charge in [0.2, 0.25) is 0 Å². The van der Waals surface area contributed by atoms with Crippen molar-refractivity contribution >= 4 is 30.0 Å². The zero-order valence-electron chi connectivity index (χ0n) is 14.4. The van der Waals surface area contributed by atoms with Crippen LogP contribution in [-0.4, -0.2) is 35.0 Å². The minimum absolute atomic E-state index is 0. The Morgan fingerprint density at radius 1 is 1.00 bits per heavy atom. The number of carboxylic acid groups (broad SMARTS) is 1. The molecule has 1 aliphatic heterocycles. The molecule has 1 fully saturated rings. The zero-order chi connectivity index (χ0) is 17.6. The number of hydrogen-bond donors (Lipinski definition) is 2. The normalized spacial score (nSPS) is 15.1. The summed E-state index contributed by atoms with van der Waals surface area (Å²) in [5, 5.41) is 11.9. The number of anilines is 1. The molecule has 1 saturated heterocycles. The van der Waals surface area contributed by atoms with Gasteiger partial charge in [0, 0.05) is 17.8 Å². The van der Waals surface area contributed by atoms with E-state index < -0.39 is 5.97 Å². The minimum Gasteiger partial charge on any atom is -0.481 e. The smallest absolute Gasteiger partial charge is 0.306 e. The van der Waals surface area contributed by atoms with E-state index in [1.807, 2.05) is 54.6 Å². The second kappa shape index (κ2) is 9.36. The fourth-order valence-corrected chi connectivity index (χ4v) is 3.08. The molecule has 0 saturated carbocycles. The van der Waals surface area contributed by atoms with Crippen molar-refractivity contribution < 1.29 is 14.7 Å². The lowest BCUT2D eigenvalue weighted by Crippen LogP contribution is -2.35. The van der Waals surface area contributed by atoms with Gasteiger partial charge in [-0.05, 0) is 55.8 Å². The fraction of sp³-hybridized carbons (Fsp3) is 0.300. The zero-order valence-corrected chi connectivity index (χ0v) is 15.2. The first-order chi connectivity index (χ1) is 12.1. The molecule has 1 heterocycles. The molecule has 6 heteroatoms. The van der Waals surface area contributed by atoms with E-state index in [4.69, 9.17) is 5.11 Å². The van der Waals surface area contributed by atoms with Crippen LogP contribution in [0.4, 0.5) is 5.69 Å². The van der Waals surface area contributed by atoms with Crippen LogP contribution in [-0.2, 0) is 11.3 Å². The molecule has 0 atom stereocenters. The molecule has 0 unspecified atom stereocenters. The topological polar surface area (TPSA) is 69.6 Å². The number of piperidine rings is 1. The van der Waals surface area contributed by atoms with Crippen LogP contribution in [0.3, 0.4) is 0 Å². The molecule has 2 aromatic carbocycles. The number of likely N-dealkylation sites (tertiary alicyclic amines) is 1. The molecule has 138 valence electrons. The molecule has 0 bridgehead atoms. The van der Waals surface area contributed by atoms with Gasteiger partial charge in [-0.2, -0.15) is 0 Å². The van der Waals surface area contributed by atoms with Gasteiger partial charge in [0.25, 0.3) is 5.91 Å². The molecule has 5 nitrogen and oxygen atoms in total. The van der Waals surface area contributed by atoms with Gasteiger partial charge in [0.05, 0.1) is 5.92 Å². The second-order valence-corrected chi connectivity index (χ2v) is 6.41. The molecular formula is C20H23ClN2O3. The summed E-state index contributed by atoms with van der Waals surface area (Å²) in [4.78, 5) is 25.5. The van der Waals surface area contributed by atoms with E-state index in [0.29, 0.717) is 18.4 Å². The van der Waals surface area contributed by atoms with E-state index in [-0.39, 0.29) is 24.2 Å². The Bertz CT molecular complexity index is 726. The molecule has 26 heavy (non-hydrogen) atoms. The number of carboxylic acids is 1. The Morgan fingerprint density at radius 3 is 2.19 bits per heavy atom. The third-order valence-corrected chi connectivity index (χ3v) is 4.59. The molecule has 0 spiro atoms. The molecule has 3 rings (SSSR count). The number of nitrogens with zero attached hydrogens (tertiary/aromatic N) is 1. The summed E-state index contributed by atoms with van der Waals surface area (Å²) in [7, 11) is 0. The van der Waals surface area contributed by atoms with E-state index in [1.165, 1.54) is 0 Å². The first kappa shape index (κ1) is 19.9. The maximum absolute atomic E-state index is 12.2. The Kier molecular flexibility index (Phi) is 7.18. The van der Waals surface area contributed by atoms with Crippen molar-refractivity contribution in [1.29, 1.82) is 0 Å². The molecule has 0 aromatic heterocycles. The number of aliphatic carboxylic acids is 1. The highest BCUT2D eigenvalue weighted by Gasteiger charge is 2.24. The Morgan fingerprint density at radius 2 is 1.62 bits per heavy atom. The maximum Gasteiger partial charge on any atom is 0.306 e. The molecule has 1 amide bonds. The molecule has 0 aliphatic carbocycles. The number of carbonyl (C=O) groups is 2. The largest absolute Gasteiger partial charge is 0.481 e. The van der Waals surface area contributed by atoms with Gasteiger partial charge < -0.3 is 10.4 Å². The van der Waals surface area contributed by atoms with Gasteiger partial charge >= 0.3 is 5.97 Å². The van der Waals surface area contributed by atoms with E-state index in [0.717, 1.165) is 30.9 Å². The average Bonchev–Trinajstić information content (AvgIpc) is 2.63. The average molecular weight is 375 g/mol. The van der Waals surface area contributed by atoms with Gasteiger partial charge in [0.1, 0.15) is 0 Å². The second-order valence-electron chi connectivity index (χ2n) is 6.41. The Balaban J connectivity index is 0.00000243. The minimum atomic E-state index is -0.687. The SMILES string of the molecule is Cl.O=C(Nc1ccccc1)c1ccc(CN2CCC(C(=O)O)CC2)cc1. The molecule has 2 N–H and O–H groups in total. The molecule has 2 aromatic rings. The fourth-order valence-electron chi connectivity index (χ4n) is 3.08. The van der Waals surface area contributed by atoms with Crippen LogP contribution in [0, 0.1) is 5.92 Å². The number of halogens is 1. The summed E-state index contributed by atoms with van der Waals surface area (Å²) in [6, 6.07) is 17.0. The molecule has 0 radical (unpaired) electrons. The predicted molar refractivity (Wildman–Crippen MR) is 104 cm³/mol. The van der Waals surface area contributed by atoms with Gasteiger partial charge in [-0.25, -0.2) is 0 Å². The first-order valence-corrected chi connectivity index (χ1v) is 8.52. The lowest BCUT2D eigenvalue weighted by atomic mass is 9.97. The summed E-state index contributed by atoms with van der Waals surface area (Å²) in [5.74, 6) is -1.02. The van der Waals surface area contributed by atoms with Crippen LogP contribution in [0.2, 0.25) is 0 Å². The van der Waals surface area contributed by atoms with Crippen molar-refractivity contribution in [3.63, 3.8) is 0 Å². The van der Waals surface area contributed by atoms with Crippen molar-refractivity contribution in [2.75, 3.05) is 18.4 Å². The van der Waals surface area contributed by atoms with Gasteiger partial charge in [0.15, 0.2) is 0 Å². The lowest BCUT2D eigenvalue weighted by Gasteiger charge is -2.30. The van der Waals surface area contributed by atoms with Crippen molar-refractivity contribution in [2.24, 2.45) is 5.92 Å². The summed E-state index contributed by atoms with van der Waals surface area (Å²) in [5.41, 5.74) is 2.53. The molecular weight excluding hydrogens is 352 g/mol. The standard InChI is InChI=1S/C20H22N2O3.ClH/c23-19(21-18-4-2-1-3-5-18)16-8-6-15(7-9-16)14-22-12-10-17(11-13-22)20(24)25;/h1-9,17H,10-14H2,(H,21,23)(H,24,25);1H. The highest BCUT2D eigenvalue weighted by molar-refractivity contribution is 6.04. The van der Waals surface area contributed by atoms with Crippen LogP contribution in [0.25, 0.3) is 0 Å². The van der Waals surface area contributed by atoms with Crippen LogP contribution in [0.1, 0.15) is 28.8 Å². The van der Waals surface area contributed by atoms with E-state index in [2.05, 4.69) is 10.2 Å². The predicted octanol–water partition coefficient (Wildman–Crippen LogP) is 3.66. The summed E-state index contributed by atoms with van der Waals surface area (Å²) in [6.45, 7) is 2.38. The van der Waals surface area contributed by atoms with Gasteiger partial charge in [-0.1, -0.05) is 30.3 Å². The van der Waals surface area contributed by atoms with E-state index in [1.54, 1.807) is 0 Å².